The van der Waals surface area contributed by atoms with Gasteiger partial charge < -0.3 is 5.32 Å². The monoisotopic (exact) mass is 449 g/mol. The number of halogens is 2. The van der Waals surface area contributed by atoms with Gasteiger partial charge in [-0.3, -0.25) is 0 Å². The second kappa shape index (κ2) is 6.67. The zero-order valence-corrected chi connectivity index (χ0v) is 17.5. The highest BCUT2D eigenvalue weighted by molar-refractivity contribution is 7.91. The number of aromatic nitrogens is 4. The molecule has 1 aliphatic rings. The van der Waals surface area contributed by atoms with Gasteiger partial charge in [0.25, 0.3) is 5.92 Å². The lowest BCUT2D eigenvalue weighted by molar-refractivity contribution is 0.0174. The van der Waals surface area contributed by atoms with Gasteiger partial charge >= 0.3 is 0 Å². The molecule has 3 aromatic heterocycles. The third-order valence-electron chi connectivity index (χ3n) is 5.10. The number of rotatable bonds is 6. The van der Waals surface area contributed by atoms with Crippen molar-refractivity contribution in [3.8, 4) is 0 Å². The maximum absolute atomic E-state index is 13.5. The van der Waals surface area contributed by atoms with Gasteiger partial charge in [-0.2, -0.15) is 4.52 Å². The maximum atomic E-state index is 13.5. The van der Waals surface area contributed by atoms with Gasteiger partial charge in [-0.1, -0.05) is 17.3 Å². The number of alkyl halides is 2. The van der Waals surface area contributed by atoms with E-state index in [2.05, 4.69) is 20.6 Å². The van der Waals surface area contributed by atoms with Gasteiger partial charge in [-0.25, -0.2) is 22.2 Å². The summed E-state index contributed by atoms with van der Waals surface area (Å²) in [6, 6.07) is 6.35. The molecule has 156 valence electrons. The van der Waals surface area contributed by atoms with Crippen molar-refractivity contribution in [3.63, 3.8) is 0 Å². The Hall–Kier alpha value is -2.66. The van der Waals surface area contributed by atoms with Crippen LogP contribution in [0, 0.1) is 5.92 Å². The van der Waals surface area contributed by atoms with Crippen LogP contribution < -0.4 is 5.32 Å². The molecule has 0 unspecified atom stereocenters. The van der Waals surface area contributed by atoms with Crippen LogP contribution in [0.25, 0.3) is 15.9 Å². The van der Waals surface area contributed by atoms with Crippen LogP contribution in [0.2, 0.25) is 0 Å². The summed E-state index contributed by atoms with van der Waals surface area (Å²) in [6.45, 7) is 1.53. The first-order valence-corrected chi connectivity index (χ1v) is 11.7. The van der Waals surface area contributed by atoms with E-state index >= 15 is 0 Å². The summed E-state index contributed by atoms with van der Waals surface area (Å²) >= 11 is 1.48. The lowest BCUT2D eigenvalue weighted by Crippen LogP contribution is -2.09. The Kier molecular flexibility index (Phi) is 4.30. The Balaban J connectivity index is 1.62. The SMILES string of the molecule is CC(F)(F)c1ccc(S(=O)(=O)c2nnn3c2nc(NCC2CC2)c2sccc23)cc1. The number of thiophene rings is 1. The zero-order valence-electron chi connectivity index (χ0n) is 15.8. The first kappa shape index (κ1) is 19.3. The summed E-state index contributed by atoms with van der Waals surface area (Å²) in [6.07, 6.45) is 2.34. The van der Waals surface area contributed by atoms with Crippen molar-refractivity contribution < 1.29 is 17.2 Å². The van der Waals surface area contributed by atoms with Crippen molar-refractivity contribution in [1.29, 1.82) is 0 Å². The van der Waals surface area contributed by atoms with Crippen molar-refractivity contribution in [2.45, 2.75) is 35.6 Å². The van der Waals surface area contributed by atoms with E-state index in [0.717, 1.165) is 42.4 Å². The van der Waals surface area contributed by atoms with Gasteiger partial charge in [0.15, 0.2) is 5.65 Å². The fraction of sp³-hybridized carbons (Fsp3) is 0.316. The normalized spacial score (nSPS) is 15.2. The lowest BCUT2D eigenvalue weighted by atomic mass is 10.1. The lowest BCUT2D eigenvalue weighted by Gasteiger charge is -2.11. The first-order chi connectivity index (χ1) is 14.2. The molecule has 1 aliphatic carbocycles. The summed E-state index contributed by atoms with van der Waals surface area (Å²) in [5.74, 6) is -1.85. The third kappa shape index (κ3) is 3.21. The molecular weight excluding hydrogens is 432 g/mol. The summed E-state index contributed by atoms with van der Waals surface area (Å²) in [5.41, 5.74) is 0.543. The van der Waals surface area contributed by atoms with Crippen LogP contribution in [0.15, 0.2) is 45.6 Å². The Morgan fingerprint density at radius 3 is 2.63 bits per heavy atom. The van der Waals surface area contributed by atoms with Crippen molar-refractivity contribution in [3.05, 3.63) is 41.3 Å². The molecule has 5 rings (SSSR count). The Labute approximate surface area is 174 Å². The third-order valence-corrected chi connectivity index (χ3v) is 7.68. The molecule has 1 aromatic carbocycles. The van der Waals surface area contributed by atoms with E-state index in [0.29, 0.717) is 17.3 Å². The number of benzene rings is 1. The van der Waals surface area contributed by atoms with Gasteiger partial charge in [0.1, 0.15) is 5.82 Å². The summed E-state index contributed by atoms with van der Waals surface area (Å²) < 4.78 is 55.5. The summed E-state index contributed by atoms with van der Waals surface area (Å²) in [4.78, 5) is 4.38. The predicted octanol–water partition coefficient (Wildman–Crippen LogP) is 4.11. The van der Waals surface area contributed by atoms with Crippen molar-refractivity contribution in [1.82, 2.24) is 19.8 Å². The standard InChI is InChI=1S/C19H17F2N5O2S2/c1-19(20,21)12-4-6-13(7-5-12)30(27,28)18-17-23-16(22-10-11-2-3-11)15-14(8-9-29-15)26(17)25-24-18/h4-9,11H,2-3,10H2,1H3,(H,22,23). The van der Waals surface area contributed by atoms with E-state index in [1.54, 1.807) is 0 Å². The van der Waals surface area contributed by atoms with Gasteiger partial charge in [0.2, 0.25) is 14.9 Å². The topological polar surface area (TPSA) is 89.2 Å². The second-order valence-corrected chi connectivity index (χ2v) is 10.2. The molecular formula is C19H17F2N5O2S2. The highest BCUT2D eigenvalue weighted by Crippen LogP contribution is 2.34. The van der Waals surface area contributed by atoms with Gasteiger partial charge in [0, 0.05) is 19.0 Å². The van der Waals surface area contributed by atoms with E-state index < -0.39 is 15.8 Å². The van der Waals surface area contributed by atoms with Crippen LogP contribution in [0.3, 0.4) is 0 Å². The quantitative estimate of drug-likeness (QED) is 0.477. The molecule has 0 saturated heterocycles. The number of anilines is 1. The number of hydrogen-bond acceptors (Lipinski definition) is 7. The van der Waals surface area contributed by atoms with E-state index in [9.17, 15) is 17.2 Å². The second-order valence-electron chi connectivity index (χ2n) is 7.47. The van der Waals surface area contributed by atoms with Crippen molar-refractivity contribution in [2.24, 2.45) is 5.92 Å². The number of nitrogens with zero attached hydrogens (tertiary/aromatic N) is 4. The fourth-order valence-corrected chi connectivity index (χ4v) is 5.29. The number of fused-ring (bicyclic) bond motifs is 3. The van der Waals surface area contributed by atoms with Crippen molar-refractivity contribution >= 4 is 42.9 Å². The van der Waals surface area contributed by atoms with Gasteiger partial charge in [-0.15, -0.1) is 16.4 Å². The van der Waals surface area contributed by atoms with Crippen LogP contribution in [-0.2, 0) is 15.8 Å². The van der Waals surface area contributed by atoms with Crippen LogP contribution in [-0.4, -0.2) is 34.8 Å². The molecule has 0 spiro atoms. The summed E-state index contributed by atoms with van der Waals surface area (Å²) in [5, 5.41) is 12.8. The summed E-state index contributed by atoms with van der Waals surface area (Å²) in [7, 11) is -4.10. The molecule has 0 radical (unpaired) electrons. The Morgan fingerprint density at radius 2 is 1.97 bits per heavy atom. The van der Waals surface area contributed by atoms with E-state index in [4.69, 9.17) is 0 Å². The number of hydrogen-bond donors (Lipinski definition) is 1. The van der Waals surface area contributed by atoms with Crippen LogP contribution >= 0.6 is 11.3 Å². The predicted molar refractivity (Wildman–Crippen MR) is 109 cm³/mol. The van der Waals surface area contributed by atoms with E-state index in [1.807, 2.05) is 11.4 Å². The largest absolute Gasteiger partial charge is 0.368 e. The van der Waals surface area contributed by atoms with Crippen LogP contribution in [0.1, 0.15) is 25.3 Å². The highest BCUT2D eigenvalue weighted by Gasteiger charge is 2.30. The highest BCUT2D eigenvalue weighted by atomic mass is 32.2. The molecule has 3 heterocycles. The fourth-order valence-electron chi connectivity index (χ4n) is 3.22. The average molecular weight is 450 g/mol. The molecule has 4 aromatic rings. The minimum Gasteiger partial charge on any atom is -0.368 e. The maximum Gasteiger partial charge on any atom is 0.270 e. The molecule has 1 fully saturated rings. The molecule has 0 amide bonds. The minimum atomic E-state index is -4.10. The van der Waals surface area contributed by atoms with Crippen LogP contribution in [0.4, 0.5) is 14.6 Å². The molecule has 0 aliphatic heterocycles. The first-order valence-electron chi connectivity index (χ1n) is 9.35. The molecule has 0 bridgehead atoms. The molecule has 30 heavy (non-hydrogen) atoms. The molecule has 7 nitrogen and oxygen atoms in total. The molecule has 0 atom stereocenters. The Morgan fingerprint density at radius 1 is 1.23 bits per heavy atom. The van der Waals surface area contributed by atoms with Gasteiger partial charge in [0.05, 0.1) is 15.1 Å². The number of nitrogens with one attached hydrogen (secondary N) is 1. The van der Waals surface area contributed by atoms with Gasteiger partial charge in [-0.05, 0) is 42.3 Å². The average Bonchev–Trinajstić information content (AvgIpc) is 3.22. The Bertz CT molecular complexity index is 1350. The van der Waals surface area contributed by atoms with Crippen LogP contribution in [0.5, 0.6) is 0 Å². The zero-order chi connectivity index (χ0) is 21.1. The van der Waals surface area contributed by atoms with E-state index in [-0.39, 0.29) is 21.1 Å². The molecule has 1 N–H and O–H groups in total. The van der Waals surface area contributed by atoms with E-state index in [1.165, 1.54) is 28.7 Å². The molecule has 11 heteroatoms. The number of sulfone groups is 1. The minimum absolute atomic E-state index is 0.101. The molecule has 1 saturated carbocycles. The van der Waals surface area contributed by atoms with Crippen molar-refractivity contribution in [2.75, 3.05) is 11.9 Å². The smallest absolute Gasteiger partial charge is 0.270 e.